The van der Waals surface area contributed by atoms with Gasteiger partial charge in [0, 0.05) is 19.8 Å². The maximum absolute atomic E-state index is 4.43. The minimum absolute atomic E-state index is 0.283. The average molecular weight is 261 g/mol. The van der Waals surface area contributed by atoms with Crippen LogP contribution in [-0.4, -0.2) is 26.1 Å². The Balaban J connectivity index is 2.18. The number of nitrogens with one attached hydrogen (secondary N) is 1. The van der Waals surface area contributed by atoms with E-state index in [4.69, 9.17) is 0 Å². The second-order valence-corrected chi connectivity index (χ2v) is 4.85. The van der Waals surface area contributed by atoms with Gasteiger partial charge in [-0.3, -0.25) is 9.36 Å². The molecule has 0 saturated carbocycles. The first kappa shape index (κ1) is 13.8. The molecule has 0 aliphatic carbocycles. The van der Waals surface area contributed by atoms with E-state index in [2.05, 4.69) is 41.6 Å². The van der Waals surface area contributed by atoms with Crippen LogP contribution in [-0.2, 0) is 20.0 Å². The molecule has 2 rings (SSSR count). The van der Waals surface area contributed by atoms with E-state index < -0.39 is 0 Å². The molecular formula is C14H23N5. The molecule has 5 nitrogen and oxygen atoms in total. The summed E-state index contributed by atoms with van der Waals surface area (Å²) in [6.07, 6.45) is 5.01. The molecule has 0 bridgehead atoms. The molecule has 0 radical (unpaired) electrons. The first-order valence-corrected chi connectivity index (χ1v) is 6.89. The van der Waals surface area contributed by atoms with Crippen LogP contribution >= 0.6 is 0 Å². The van der Waals surface area contributed by atoms with Gasteiger partial charge in [-0.25, -0.2) is 0 Å². The molecule has 1 unspecified atom stereocenters. The van der Waals surface area contributed by atoms with Crippen molar-refractivity contribution in [2.75, 3.05) is 6.54 Å². The second-order valence-electron chi connectivity index (χ2n) is 4.85. The molecule has 19 heavy (non-hydrogen) atoms. The molecule has 0 fully saturated rings. The van der Waals surface area contributed by atoms with E-state index in [-0.39, 0.29) is 6.04 Å². The van der Waals surface area contributed by atoms with Crippen molar-refractivity contribution in [3.63, 3.8) is 0 Å². The van der Waals surface area contributed by atoms with Gasteiger partial charge < -0.3 is 5.32 Å². The van der Waals surface area contributed by atoms with Crippen molar-refractivity contribution in [1.82, 2.24) is 24.9 Å². The first-order chi connectivity index (χ1) is 9.13. The van der Waals surface area contributed by atoms with E-state index in [1.54, 1.807) is 0 Å². The molecule has 1 atom stereocenters. The van der Waals surface area contributed by atoms with Crippen molar-refractivity contribution in [3.8, 4) is 0 Å². The van der Waals surface area contributed by atoms with Gasteiger partial charge in [-0.05, 0) is 38.4 Å². The predicted octanol–water partition coefficient (Wildman–Crippen LogP) is 1.84. The average Bonchev–Trinajstić information content (AvgIpc) is 2.95. The zero-order valence-corrected chi connectivity index (χ0v) is 12.2. The van der Waals surface area contributed by atoms with Crippen LogP contribution < -0.4 is 5.32 Å². The maximum Gasteiger partial charge on any atom is 0.0597 e. The molecule has 5 heteroatoms. The third-order valence-corrected chi connectivity index (χ3v) is 3.30. The Morgan fingerprint density at radius 2 is 2.16 bits per heavy atom. The largest absolute Gasteiger partial charge is 0.309 e. The fraction of sp³-hybridized carbons (Fsp3) is 0.571. The van der Waals surface area contributed by atoms with E-state index >= 15 is 0 Å². The summed E-state index contributed by atoms with van der Waals surface area (Å²) in [5, 5.41) is 12.3. The Morgan fingerprint density at radius 3 is 2.68 bits per heavy atom. The Morgan fingerprint density at radius 1 is 1.37 bits per heavy atom. The van der Waals surface area contributed by atoms with Crippen LogP contribution in [0.4, 0.5) is 0 Å². The van der Waals surface area contributed by atoms with Gasteiger partial charge in [-0.2, -0.15) is 10.2 Å². The number of rotatable bonds is 6. The van der Waals surface area contributed by atoms with Crippen molar-refractivity contribution in [3.05, 3.63) is 35.4 Å². The van der Waals surface area contributed by atoms with Crippen molar-refractivity contribution in [2.45, 2.75) is 39.8 Å². The summed E-state index contributed by atoms with van der Waals surface area (Å²) in [6.45, 7) is 8.11. The van der Waals surface area contributed by atoms with Crippen molar-refractivity contribution in [2.24, 2.45) is 7.05 Å². The third kappa shape index (κ3) is 3.23. The number of likely N-dealkylation sites (N-methyl/N-ethyl adjacent to an activating group) is 1. The van der Waals surface area contributed by atoms with Gasteiger partial charge in [0.1, 0.15) is 0 Å². The SMILES string of the molecule is CCNC(Cc1cnn(CC)c1)c1cc(C)nn1C. The number of aromatic nitrogens is 4. The molecule has 104 valence electrons. The smallest absolute Gasteiger partial charge is 0.0597 e. The Labute approximate surface area is 114 Å². The molecular weight excluding hydrogens is 238 g/mol. The third-order valence-electron chi connectivity index (χ3n) is 3.30. The molecule has 0 saturated heterocycles. The minimum Gasteiger partial charge on any atom is -0.309 e. The van der Waals surface area contributed by atoms with E-state index in [9.17, 15) is 0 Å². The van der Waals surface area contributed by atoms with Crippen molar-refractivity contribution >= 4 is 0 Å². The van der Waals surface area contributed by atoms with Crippen molar-refractivity contribution < 1.29 is 0 Å². The Bertz CT molecular complexity index is 526. The van der Waals surface area contributed by atoms with Crippen LogP contribution in [0.5, 0.6) is 0 Å². The molecule has 1 N–H and O–H groups in total. The summed E-state index contributed by atoms with van der Waals surface area (Å²) >= 11 is 0. The van der Waals surface area contributed by atoms with Crippen LogP contribution in [0.15, 0.2) is 18.5 Å². The number of hydrogen-bond acceptors (Lipinski definition) is 3. The lowest BCUT2D eigenvalue weighted by Gasteiger charge is -2.17. The summed E-state index contributed by atoms with van der Waals surface area (Å²) in [6, 6.07) is 2.43. The van der Waals surface area contributed by atoms with Gasteiger partial charge in [0.15, 0.2) is 0 Å². The van der Waals surface area contributed by atoms with Crippen LogP contribution in [0.25, 0.3) is 0 Å². The van der Waals surface area contributed by atoms with E-state index in [1.807, 2.05) is 29.5 Å². The van der Waals surface area contributed by atoms with Gasteiger partial charge in [-0.1, -0.05) is 6.92 Å². The van der Waals surface area contributed by atoms with Crippen LogP contribution in [0.3, 0.4) is 0 Å². The second kappa shape index (κ2) is 6.02. The molecule has 0 aliphatic rings. The fourth-order valence-corrected chi connectivity index (χ4v) is 2.40. The lowest BCUT2D eigenvalue weighted by molar-refractivity contribution is 0.507. The van der Waals surface area contributed by atoms with Gasteiger partial charge in [0.25, 0.3) is 0 Å². The molecule has 2 aromatic heterocycles. The highest BCUT2D eigenvalue weighted by molar-refractivity contribution is 5.17. The quantitative estimate of drug-likeness (QED) is 0.863. The van der Waals surface area contributed by atoms with Gasteiger partial charge in [0.05, 0.1) is 23.6 Å². The molecule has 2 aromatic rings. The normalized spacial score (nSPS) is 12.8. The van der Waals surface area contributed by atoms with Gasteiger partial charge in [0.2, 0.25) is 0 Å². The summed E-state index contributed by atoms with van der Waals surface area (Å²) in [5.74, 6) is 0. The zero-order valence-electron chi connectivity index (χ0n) is 12.2. The van der Waals surface area contributed by atoms with Crippen LogP contribution in [0.1, 0.15) is 36.8 Å². The monoisotopic (exact) mass is 261 g/mol. The maximum atomic E-state index is 4.43. The van der Waals surface area contributed by atoms with Crippen LogP contribution in [0.2, 0.25) is 0 Å². The number of aryl methyl sites for hydroxylation is 3. The van der Waals surface area contributed by atoms with E-state index in [0.717, 1.165) is 25.2 Å². The first-order valence-electron chi connectivity index (χ1n) is 6.89. The van der Waals surface area contributed by atoms with Crippen molar-refractivity contribution in [1.29, 1.82) is 0 Å². The molecule has 0 aromatic carbocycles. The number of hydrogen-bond donors (Lipinski definition) is 1. The highest BCUT2D eigenvalue weighted by atomic mass is 15.3. The zero-order chi connectivity index (χ0) is 13.8. The summed E-state index contributed by atoms with van der Waals surface area (Å²) in [4.78, 5) is 0. The topological polar surface area (TPSA) is 47.7 Å². The lowest BCUT2D eigenvalue weighted by Crippen LogP contribution is -2.25. The summed E-state index contributed by atoms with van der Waals surface area (Å²) in [7, 11) is 2.00. The van der Waals surface area contributed by atoms with Gasteiger partial charge in [-0.15, -0.1) is 0 Å². The molecule has 0 amide bonds. The predicted molar refractivity (Wildman–Crippen MR) is 76.0 cm³/mol. The number of nitrogens with zero attached hydrogens (tertiary/aromatic N) is 4. The fourth-order valence-electron chi connectivity index (χ4n) is 2.40. The van der Waals surface area contributed by atoms with Gasteiger partial charge >= 0.3 is 0 Å². The lowest BCUT2D eigenvalue weighted by atomic mass is 10.1. The molecule has 2 heterocycles. The highest BCUT2D eigenvalue weighted by Gasteiger charge is 2.16. The van der Waals surface area contributed by atoms with Crippen LogP contribution in [0, 0.1) is 6.92 Å². The van der Waals surface area contributed by atoms with E-state index in [1.165, 1.54) is 11.3 Å². The summed E-state index contributed by atoms with van der Waals surface area (Å²) in [5.41, 5.74) is 3.54. The Hall–Kier alpha value is -1.62. The van der Waals surface area contributed by atoms with E-state index in [0.29, 0.717) is 0 Å². The highest BCUT2D eigenvalue weighted by Crippen LogP contribution is 2.18. The Kier molecular flexibility index (Phi) is 4.37. The minimum atomic E-state index is 0.283. The summed E-state index contributed by atoms with van der Waals surface area (Å²) < 4.78 is 3.93. The molecule has 0 aliphatic heterocycles. The molecule has 0 spiro atoms. The standard InChI is InChI=1S/C14H23N5/c1-5-15-13(14-7-11(3)17-18(14)4)8-12-9-16-19(6-2)10-12/h7,9-10,13,15H,5-6,8H2,1-4H3.